The number of nitrogens with zero attached hydrogens (tertiary/aromatic N) is 4. The van der Waals surface area contributed by atoms with Crippen LogP contribution in [-0.2, 0) is 26.1 Å². The molecule has 180 valence electrons. The summed E-state index contributed by atoms with van der Waals surface area (Å²) in [6.07, 6.45) is 0.221. The molecule has 0 atom stereocenters. The van der Waals surface area contributed by atoms with E-state index in [9.17, 15) is 22.8 Å². The van der Waals surface area contributed by atoms with E-state index >= 15 is 0 Å². The molecule has 9 nitrogen and oxygen atoms in total. The van der Waals surface area contributed by atoms with Crippen LogP contribution in [-0.4, -0.2) is 45.9 Å². The molecule has 1 aromatic carbocycles. The molecule has 1 aliphatic rings. The van der Waals surface area contributed by atoms with Crippen LogP contribution in [0, 0.1) is 24.4 Å². The van der Waals surface area contributed by atoms with Gasteiger partial charge in [-0.25, -0.2) is 17.8 Å². The molecule has 0 fully saturated rings. The largest absolute Gasteiger partial charge is 0.496 e. The standard InChI is InChI=1S/C22H22F3N5O4/c1-12-16(28-34-27-12)10-26-22(32)20-17-5-6-29(7-8-30(17)19(31)9-18(20)33-2)11-13-14(23)3-4-15(24)21(13)25/h3-4,9H,5-8,10-11H2,1-2H3,(H,26,32). The van der Waals surface area contributed by atoms with E-state index in [-0.39, 0.29) is 61.6 Å². The summed E-state index contributed by atoms with van der Waals surface area (Å²) in [7, 11) is 1.35. The summed E-state index contributed by atoms with van der Waals surface area (Å²) in [5, 5.41) is 10.1. The van der Waals surface area contributed by atoms with Crippen molar-refractivity contribution < 1.29 is 27.3 Å². The Morgan fingerprint density at radius 2 is 1.94 bits per heavy atom. The molecule has 0 unspecified atom stereocenters. The Bertz CT molecular complexity index is 1290. The topological polar surface area (TPSA) is 102 Å². The predicted molar refractivity (Wildman–Crippen MR) is 113 cm³/mol. The Balaban J connectivity index is 1.60. The molecule has 2 aromatic heterocycles. The molecule has 12 heteroatoms. The number of hydrogen-bond acceptors (Lipinski definition) is 7. The number of carbonyl (C=O) groups excluding carboxylic acids is 1. The number of pyridine rings is 1. The number of rotatable bonds is 6. The number of halogens is 3. The lowest BCUT2D eigenvalue weighted by atomic mass is 10.1. The maximum Gasteiger partial charge on any atom is 0.257 e. The Morgan fingerprint density at radius 3 is 2.65 bits per heavy atom. The van der Waals surface area contributed by atoms with Crippen molar-refractivity contribution in [2.24, 2.45) is 0 Å². The van der Waals surface area contributed by atoms with Crippen LogP contribution in [0.15, 0.2) is 27.6 Å². The second-order valence-corrected chi connectivity index (χ2v) is 7.85. The van der Waals surface area contributed by atoms with Crippen LogP contribution in [0.3, 0.4) is 0 Å². The Morgan fingerprint density at radius 1 is 1.18 bits per heavy atom. The minimum Gasteiger partial charge on any atom is -0.496 e. The number of ether oxygens (including phenoxy) is 1. The zero-order valence-corrected chi connectivity index (χ0v) is 18.5. The lowest BCUT2D eigenvalue weighted by Crippen LogP contribution is -2.31. The normalized spacial score (nSPS) is 13.9. The number of carbonyl (C=O) groups is 1. The number of amides is 1. The fourth-order valence-corrected chi connectivity index (χ4v) is 3.96. The molecule has 4 rings (SSSR count). The van der Waals surface area contributed by atoms with Crippen molar-refractivity contribution in [2.75, 3.05) is 20.2 Å². The second kappa shape index (κ2) is 9.67. The second-order valence-electron chi connectivity index (χ2n) is 7.85. The molecule has 3 heterocycles. The summed E-state index contributed by atoms with van der Waals surface area (Å²) in [5.41, 5.74) is 0.843. The van der Waals surface area contributed by atoms with E-state index in [0.717, 1.165) is 12.1 Å². The van der Waals surface area contributed by atoms with Crippen LogP contribution in [0.1, 0.15) is 33.0 Å². The van der Waals surface area contributed by atoms with Crippen LogP contribution in [0.25, 0.3) is 0 Å². The van der Waals surface area contributed by atoms with Crippen molar-refractivity contribution in [3.8, 4) is 5.75 Å². The Hall–Kier alpha value is -3.67. The molecule has 0 bridgehead atoms. The molecule has 0 aliphatic carbocycles. The average molecular weight is 477 g/mol. The number of benzene rings is 1. The minimum atomic E-state index is -1.24. The third-order valence-corrected chi connectivity index (χ3v) is 5.82. The van der Waals surface area contributed by atoms with E-state index in [2.05, 4.69) is 20.3 Å². The average Bonchev–Trinajstić information content (AvgIpc) is 3.11. The Labute approximate surface area is 192 Å². The minimum absolute atomic E-state index is 0.0557. The molecule has 3 aromatic rings. The summed E-state index contributed by atoms with van der Waals surface area (Å²) in [5.74, 6) is -3.60. The summed E-state index contributed by atoms with van der Waals surface area (Å²) in [6.45, 7) is 2.26. The van der Waals surface area contributed by atoms with E-state index < -0.39 is 23.4 Å². The number of hydrogen-bond donors (Lipinski definition) is 1. The van der Waals surface area contributed by atoms with Crippen molar-refractivity contribution in [1.82, 2.24) is 25.1 Å². The zero-order valence-electron chi connectivity index (χ0n) is 18.5. The van der Waals surface area contributed by atoms with Gasteiger partial charge in [-0.1, -0.05) is 10.3 Å². The van der Waals surface area contributed by atoms with Gasteiger partial charge in [0.25, 0.3) is 11.5 Å². The van der Waals surface area contributed by atoms with E-state index in [0.29, 0.717) is 17.1 Å². The fraction of sp³-hybridized carbons (Fsp3) is 0.364. The van der Waals surface area contributed by atoms with Gasteiger partial charge in [-0.2, -0.15) is 0 Å². The highest BCUT2D eigenvalue weighted by Gasteiger charge is 2.26. The van der Waals surface area contributed by atoms with Gasteiger partial charge in [0.15, 0.2) is 11.6 Å². The smallest absolute Gasteiger partial charge is 0.257 e. The maximum absolute atomic E-state index is 14.2. The number of methoxy groups -OCH3 is 1. The van der Waals surface area contributed by atoms with Gasteiger partial charge in [0, 0.05) is 49.9 Å². The molecule has 1 aliphatic heterocycles. The van der Waals surface area contributed by atoms with Gasteiger partial charge >= 0.3 is 0 Å². The predicted octanol–water partition coefficient (Wildman–Crippen LogP) is 1.95. The molecule has 0 radical (unpaired) electrons. The molecule has 0 saturated carbocycles. The van der Waals surface area contributed by atoms with E-state index in [1.165, 1.54) is 17.7 Å². The summed E-state index contributed by atoms with van der Waals surface area (Å²) in [6, 6.07) is 2.84. The van der Waals surface area contributed by atoms with Gasteiger partial charge in [0.1, 0.15) is 28.5 Å². The SMILES string of the molecule is COc1cc(=O)n2c(c1C(=O)NCc1nonc1C)CCN(Cc1c(F)ccc(F)c1F)CC2. The van der Waals surface area contributed by atoms with Crippen molar-refractivity contribution in [1.29, 1.82) is 0 Å². The van der Waals surface area contributed by atoms with Crippen molar-refractivity contribution in [3.63, 3.8) is 0 Å². The first-order valence-electron chi connectivity index (χ1n) is 10.5. The third kappa shape index (κ3) is 4.53. The third-order valence-electron chi connectivity index (χ3n) is 5.82. The van der Waals surface area contributed by atoms with Gasteiger partial charge in [0.2, 0.25) is 0 Å². The van der Waals surface area contributed by atoms with E-state index in [1.54, 1.807) is 11.8 Å². The quantitative estimate of drug-likeness (QED) is 0.542. The van der Waals surface area contributed by atoms with E-state index in [1.807, 2.05) is 0 Å². The Kier molecular flexibility index (Phi) is 6.68. The number of nitrogens with one attached hydrogen (secondary N) is 1. The van der Waals surface area contributed by atoms with Gasteiger partial charge in [-0.05, 0) is 19.1 Å². The first-order chi connectivity index (χ1) is 16.3. The molecule has 0 saturated heterocycles. The van der Waals surface area contributed by atoms with Crippen LogP contribution in [0.5, 0.6) is 5.75 Å². The van der Waals surface area contributed by atoms with Crippen LogP contribution >= 0.6 is 0 Å². The van der Waals surface area contributed by atoms with Crippen molar-refractivity contribution >= 4 is 5.91 Å². The number of aryl methyl sites for hydroxylation is 1. The van der Waals surface area contributed by atoms with E-state index in [4.69, 9.17) is 4.74 Å². The molecular formula is C22H22F3N5O4. The summed E-state index contributed by atoms with van der Waals surface area (Å²) in [4.78, 5) is 27.5. The maximum atomic E-state index is 14.2. The first-order valence-corrected chi connectivity index (χ1v) is 10.5. The van der Waals surface area contributed by atoms with Crippen LogP contribution in [0.4, 0.5) is 13.2 Å². The lowest BCUT2D eigenvalue weighted by molar-refractivity contribution is 0.0944. The summed E-state index contributed by atoms with van der Waals surface area (Å²) < 4.78 is 53.3. The van der Waals surface area contributed by atoms with Gasteiger partial charge in [-0.15, -0.1) is 0 Å². The van der Waals surface area contributed by atoms with Gasteiger partial charge in [0.05, 0.1) is 13.7 Å². The number of fused-ring (bicyclic) bond motifs is 1. The lowest BCUT2D eigenvalue weighted by Gasteiger charge is -2.20. The summed E-state index contributed by atoms with van der Waals surface area (Å²) >= 11 is 0. The van der Waals surface area contributed by atoms with Gasteiger partial charge in [-0.3, -0.25) is 14.5 Å². The fourth-order valence-electron chi connectivity index (χ4n) is 3.96. The van der Waals surface area contributed by atoms with Crippen LogP contribution in [0.2, 0.25) is 0 Å². The van der Waals surface area contributed by atoms with Crippen molar-refractivity contribution in [3.05, 3.63) is 74.2 Å². The van der Waals surface area contributed by atoms with Crippen LogP contribution < -0.4 is 15.6 Å². The highest BCUT2D eigenvalue weighted by atomic mass is 19.2. The molecule has 34 heavy (non-hydrogen) atoms. The monoisotopic (exact) mass is 477 g/mol. The highest BCUT2D eigenvalue weighted by Crippen LogP contribution is 2.24. The first kappa shape index (κ1) is 23.5. The molecular weight excluding hydrogens is 455 g/mol. The molecule has 1 amide bonds. The van der Waals surface area contributed by atoms with Crippen molar-refractivity contribution in [2.45, 2.75) is 33.0 Å². The highest BCUT2D eigenvalue weighted by molar-refractivity contribution is 5.98. The molecule has 1 N–H and O–H groups in total. The van der Waals surface area contributed by atoms with Gasteiger partial charge < -0.3 is 14.6 Å². The number of aromatic nitrogens is 3. The zero-order chi connectivity index (χ0) is 24.4. The molecule has 0 spiro atoms.